The normalized spacial score (nSPS) is 15.6. The summed E-state index contributed by atoms with van der Waals surface area (Å²) < 4.78 is 4.82. The van der Waals surface area contributed by atoms with E-state index in [0.29, 0.717) is 31.6 Å². The van der Waals surface area contributed by atoms with Gasteiger partial charge in [-0.25, -0.2) is 9.48 Å². The Kier molecular flexibility index (Phi) is 5.60. The van der Waals surface area contributed by atoms with Gasteiger partial charge in [-0.05, 0) is 30.5 Å². The molecule has 168 valence electrons. The predicted molar refractivity (Wildman–Crippen MR) is 123 cm³/mol. The van der Waals surface area contributed by atoms with E-state index < -0.39 is 0 Å². The standard InChI is InChI=1S/C24H25N7O2/c1-29-21(14-20(27-29)18-7-3-2-4-8-18)23(32)26-19-9-10-22-28-31(24(33)30(22)13-11-19)16-17-6-5-12-25-15-17/h2-8,12,14-15,19H,9-11,13,16H2,1H3,(H,26,32). The minimum atomic E-state index is -0.161. The summed E-state index contributed by atoms with van der Waals surface area (Å²) in [5.41, 5.74) is 3.05. The smallest absolute Gasteiger partial charge is 0.346 e. The van der Waals surface area contributed by atoms with Crippen LogP contribution in [-0.4, -0.2) is 41.1 Å². The number of nitrogens with zero attached hydrogens (tertiary/aromatic N) is 6. The molecule has 1 aliphatic rings. The molecule has 9 heteroatoms. The van der Waals surface area contributed by atoms with Crippen LogP contribution in [0.15, 0.2) is 65.7 Å². The molecule has 0 fully saturated rings. The highest BCUT2D eigenvalue weighted by Crippen LogP contribution is 2.19. The van der Waals surface area contributed by atoms with Crippen LogP contribution in [0, 0.1) is 0 Å². The molecule has 0 saturated heterocycles. The molecule has 0 bridgehead atoms. The number of amides is 1. The zero-order chi connectivity index (χ0) is 22.8. The second-order valence-corrected chi connectivity index (χ2v) is 8.27. The molecule has 0 aliphatic carbocycles. The molecule has 1 aliphatic heterocycles. The predicted octanol–water partition coefficient (Wildman–Crippen LogP) is 2.02. The maximum absolute atomic E-state index is 13.0. The number of carbonyl (C=O) groups excluding carboxylic acids is 1. The second kappa shape index (κ2) is 8.85. The molecular formula is C24H25N7O2. The summed E-state index contributed by atoms with van der Waals surface area (Å²) in [5.74, 6) is 0.596. The lowest BCUT2D eigenvalue weighted by Crippen LogP contribution is -2.36. The van der Waals surface area contributed by atoms with Gasteiger partial charge in [0.25, 0.3) is 5.91 Å². The third kappa shape index (κ3) is 4.34. The zero-order valence-corrected chi connectivity index (χ0v) is 18.4. The molecule has 0 radical (unpaired) electrons. The van der Waals surface area contributed by atoms with Crippen molar-refractivity contribution in [3.8, 4) is 11.3 Å². The van der Waals surface area contributed by atoms with Gasteiger partial charge >= 0.3 is 5.69 Å². The van der Waals surface area contributed by atoms with Crippen LogP contribution in [0.3, 0.4) is 0 Å². The summed E-state index contributed by atoms with van der Waals surface area (Å²) in [5, 5.41) is 12.1. The van der Waals surface area contributed by atoms with Gasteiger partial charge in [0.2, 0.25) is 0 Å². The van der Waals surface area contributed by atoms with Crippen LogP contribution >= 0.6 is 0 Å². The summed E-state index contributed by atoms with van der Waals surface area (Å²) >= 11 is 0. The van der Waals surface area contributed by atoms with Crippen LogP contribution in [0.5, 0.6) is 0 Å². The number of fused-ring (bicyclic) bond motifs is 1. The van der Waals surface area contributed by atoms with E-state index >= 15 is 0 Å². The van der Waals surface area contributed by atoms with Gasteiger partial charge in [0.05, 0.1) is 12.2 Å². The van der Waals surface area contributed by atoms with Crippen LogP contribution in [-0.2, 0) is 26.6 Å². The summed E-state index contributed by atoms with van der Waals surface area (Å²) in [6.45, 7) is 0.921. The van der Waals surface area contributed by atoms with Crippen LogP contribution in [0.2, 0.25) is 0 Å². The first-order valence-corrected chi connectivity index (χ1v) is 11.0. The SMILES string of the molecule is Cn1nc(-c2ccccc2)cc1C(=O)NC1CCc2nn(Cc3cccnc3)c(=O)n2CC1. The number of hydrogen-bond donors (Lipinski definition) is 1. The Morgan fingerprint density at radius 3 is 2.76 bits per heavy atom. The van der Waals surface area contributed by atoms with Crippen molar-refractivity contribution in [3.05, 3.63) is 88.5 Å². The number of carbonyl (C=O) groups is 1. The largest absolute Gasteiger partial charge is 0.348 e. The van der Waals surface area contributed by atoms with E-state index in [-0.39, 0.29) is 17.6 Å². The molecule has 1 N–H and O–H groups in total. The molecule has 4 heterocycles. The van der Waals surface area contributed by atoms with Gasteiger partial charge < -0.3 is 5.32 Å². The highest BCUT2D eigenvalue weighted by molar-refractivity contribution is 5.93. The minimum Gasteiger partial charge on any atom is -0.348 e. The number of aryl methyl sites for hydroxylation is 2. The molecule has 1 aromatic carbocycles. The number of benzene rings is 1. The molecule has 3 aromatic heterocycles. The Hall–Kier alpha value is -4.01. The fraction of sp³-hybridized carbons (Fsp3) is 0.292. The van der Waals surface area contributed by atoms with Gasteiger partial charge in [-0.1, -0.05) is 36.4 Å². The molecule has 33 heavy (non-hydrogen) atoms. The number of pyridine rings is 1. The maximum Gasteiger partial charge on any atom is 0.346 e. The fourth-order valence-electron chi connectivity index (χ4n) is 4.23. The molecule has 0 spiro atoms. The van der Waals surface area contributed by atoms with E-state index in [2.05, 4.69) is 20.5 Å². The fourth-order valence-corrected chi connectivity index (χ4v) is 4.23. The summed E-state index contributed by atoms with van der Waals surface area (Å²) in [7, 11) is 1.77. The third-order valence-electron chi connectivity index (χ3n) is 5.99. The Morgan fingerprint density at radius 1 is 1.12 bits per heavy atom. The van der Waals surface area contributed by atoms with Crippen molar-refractivity contribution in [2.75, 3.05) is 0 Å². The number of aromatic nitrogens is 6. The summed E-state index contributed by atoms with van der Waals surface area (Å²) in [4.78, 5) is 29.9. The first kappa shape index (κ1) is 20.9. The molecule has 0 saturated carbocycles. The van der Waals surface area contributed by atoms with E-state index in [4.69, 9.17) is 0 Å². The minimum absolute atomic E-state index is 0.0413. The average molecular weight is 444 g/mol. The average Bonchev–Trinajstić information content (AvgIpc) is 3.29. The van der Waals surface area contributed by atoms with E-state index in [1.54, 1.807) is 28.7 Å². The van der Waals surface area contributed by atoms with E-state index in [9.17, 15) is 9.59 Å². The van der Waals surface area contributed by atoms with Crippen LogP contribution < -0.4 is 11.0 Å². The van der Waals surface area contributed by atoms with Crippen molar-refractivity contribution in [2.24, 2.45) is 7.05 Å². The molecular weight excluding hydrogens is 418 g/mol. The van der Waals surface area contributed by atoms with Gasteiger partial charge in [0.15, 0.2) is 0 Å². The van der Waals surface area contributed by atoms with E-state index in [1.165, 1.54) is 4.68 Å². The number of nitrogens with one attached hydrogen (secondary N) is 1. The molecule has 5 rings (SSSR count). The van der Waals surface area contributed by atoms with Crippen molar-refractivity contribution < 1.29 is 4.79 Å². The number of hydrogen-bond acceptors (Lipinski definition) is 5. The Balaban J connectivity index is 1.26. The molecule has 1 atom stereocenters. The van der Waals surface area contributed by atoms with Crippen LogP contribution in [0.25, 0.3) is 11.3 Å². The van der Waals surface area contributed by atoms with Gasteiger partial charge in [-0.15, -0.1) is 0 Å². The topological polar surface area (TPSA) is 99.6 Å². The van der Waals surface area contributed by atoms with Gasteiger partial charge in [-0.3, -0.25) is 19.0 Å². The molecule has 9 nitrogen and oxygen atoms in total. The monoisotopic (exact) mass is 443 g/mol. The quantitative estimate of drug-likeness (QED) is 0.509. The molecule has 1 amide bonds. The van der Waals surface area contributed by atoms with Crippen molar-refractivity contribution in [3.63, 3.8) is 0 Å². The highest BCUT2D eigenvalue weighted by Gasteiger charge is 2.24. The molecule has 1 unspecified atom stereocenters. The maximum atomic E-state index is 13.0. The summed E-state index contributed by atoms with van der Waals surface area (Å²) in [6, 6.07) is 15.3. The first-order valence-electron chi connectivity index (χ1n) is 11.0. The second-order valence-electron chi connectivity index (χ2n) is 8.27. The van der Waals surface area contributed by atoms with E-state index in [0.717, 1.165) is 29.1 Å². The Bertz CT molecular complexity index is 1320. The molecule has 4 aromatic rings. The van der Waals surface area contributed by atoms with Gasteiger partial charge in [0.1, 0.15) is 11.5 Å². The van der Waals surface area contributed by atoms with Crippen LogP contribution in [0.4, 0.5) is 0 Å². The van der Waals surface area contributed by atoms with Crippen molar-refractivity contribution in [1.82, 2.24) is 34.4 Å². The lowest BCUT2D eigenvalue weighted by molar-refractivity contribution is 0.0923. The lowest BCUT2D eigenvalue weighted by Gasteiger charge is -2.16. The van der Waals surface area contributed by atoms with E-state index in [1.807, 2.05) is 48.5 Å². The van der Waals surface area contributed by atoms with Crippen LogP contribution in [0.1, 0.15) is 34.7 Å². The summed E-state index contributed by atoms with van der Waals surface area (Å²) in [6.07, 6.45) is 5.46. The van der Waals surface area contributed by atoms with Crippen molar-refractivity contribution >= 4 is 5.91 Å². The Labute approximate surface area is 190 Å². The first-order chi connectivity index (χ1) is 16.1. The Morgan fingerprint density at radius 2 is 1.97 bits per heavy atom. The zero-order valence-electron chi connectivity index (χ0n) is 18.4. The van der Waals surface area contributed by atoms with Gasteiger partial charge in [-0.2, -0.15) is 10.2 Å². The lowest BCUT2D eigenvalue weighted by atomic mass is 10.1. The van der Waals surface area contributed by atoms with Gasteiger partial charge in [0, 0.05) is 44.0 Å². The highest BCUT2D eigenvalue weighted by atomic mass is 16.2. The van der Waals surface area contributed by atoms with Crippen molar-refractivity contribution in [1.29, 1.82) is 0 Å². The van der Waals surface area contributed by atoms with Crippen molar-refractivity contribution in [2.45, 2.75) is 38.4 Å². The third-order valence-corrected chi connectivity index (χ3v) is 5.99. The number of rotatable bonds is 5.